The van der Waals surface area contributed by atoms with Gasteiger partial charge in [0.1, 0.15) is 5.82 Å². The number of hydrogen-bond acceptors (Lipinski definition) is 3. The molecule has 0 saturated carbocycles. The van der Waals surface area contributed by atoms with Crippen LogP contribution in [0.4, 0.5) is 4.39 Å². The summed E-state index contributed by atoms with van der Waals surface area (Å²) in [6.07, 6.45) is 5.12. The first-order chi connectivity index (χ1) is 15.1. The topological polar surface area (TPSA) is 45.2 Å². The Morgan fingerprint density at radius 2 is 1.84 bits per heavy atom. The molecule has 160 valence electrons. The van der Waals surface area contributed by atoms with Crippen LogP contribution in [0.25, 0.3) is 11.1 Å². The number of carbonyl (C=O) groups excluding carboxylic acids is 1. The summed E-state index contributed by atoms with van der Waals surface area (Å²) in [5, 5.41) is 3.07. The smallest absolute Gasteiger partial charge is 0.227 e. The molecule has 4 nitrogen and oxygen atoms in total. The standard InChI is InChI=1S/C26H28FN3O/c1-2-29-25(31)26(12-15-30(19-26)18-20-10-13-28-14-11-20)17-21-4-3-5-23(16-21)22-6-8-24(27)9-7-22/h3-11,13-14,16H,2,12,15,17-19H2,1H3,(H,29,31)/t26-/m1/s1. The summed E-state index contributed by atoms with van der Waals surface area (Å²) < 4.78 is 13.3. The van der Waals surface area contributed by atoms with Crippen molar-refractivity contribution >= 4 is 5.91 Å². The summed E-state index contributed by atoms with van der Waals surface area (Å²) in [7, 11) is 0. The van der Waals surface area contributed by atoms with Gasteiger partial charge in [0.25, 0.3) is 0 Å². The summed E-state index contributed by atoms with van der Waals surface area (Å²) >= 11 is 0. The summed E-state index contributed by atoms with van der Waals surface area (Å²) in [4.78, 5) is 19.6. The largest absolute Gasteiger partial charge is 0.356 e. The first-order valence-corrected chi connectivity index (χ1v) is 10.8. The molecule has 1 amide bonds. The predicted octanol–water partition coefficient (Wildman–Crippen LogP) is 4.46. The maximum Gasteiger partial charge on any atom is 0.227 e. The maximum absolute atomic E-state index is 13.3. The summed E-state index contributed by atoms with van der Waals surface area (Å²) in [6.45, 7) is 5.02. The van der Waals surface area contributed by atoms with Crippen LogP contribution in [0.15, 0.2) is 73.1 Å². The van der Waals surface area contributed by atoms with Gasteiger partial charge in [0.15, 0.2) is 0 Å². The molecule has 0 radical (unpaired) electrons. The van der Waals surface area contributed by atoms with Crippen molar-refractivity contribution in [1.82, 2.24) is 15.2 Å². The minimum Gasteiger partial charge on any atom is -0.356 e. The number of nitrogens with one attached hydrogen (secondary N) is 1. The van der Waals surface area contributed by atoms with Gasteiger partial charge in [0.2, 0.25) is 5.91 Å². The molecular formula is C26H28FN3O. The molecule has 4 rings (SSSR count). The minimum atomic E-state index is -0.454. The Balaban J connectivity index is 1.56. The van der Waals surface area contributed by atoms with Crippen molar-refractivity contribution in [3.05, 3.63) is 90.0 Å². The van der Waals surface area contributed by atoms with Gasteiger partial charge in [0, 0.05) is 32.0 Å². The van der Waals surface area contributed by atoms with Crippen molar-refractivity contribution in [3.63, 3.8) is 0 Å². The average Bonchev–Trinajstić information content (AvgIpc) is 3.19. The molecule has 5 heteroatoms. The lowest BCUT2D eigenvalue weighted by atomic mass is 9.79. The molecule has 1 atom stereocenters. The molecule has 1 aliphatic heterocycles. The Bertz CT molecular complexity index is 1020. The molecule has 0 aliphatic carbocycles. The number of nitrogens with zero attached hydrogens (tertiary/aromatic N) is 2. The van der Waals surface area contributed by atoms with E-state index in [9.17, 15) is 9.18 Å². The van der Waals surface area contributed by atoms with Crippen LogP contribution in [-0.4, -0.2) is 35.4 Å². The van der Waals surface area contributed by atoms with E-state index < -0.39 is 5.41 Å². The number of aromatic nitrogens is 1. The number of amides is 1. The van der Waals surface area contributed by atoms with Crippen molar-refractivity contribution in [3.8, 4) is 11.1 Å². The number of halogens is 1. The van der Waals surface area contributed by atoms with E-state index in [2.05, 4.69) is 27.3 Å². The fourth-order valence-electron chi connectivity index (χ4n) is 4.49. The molecular weight excluding hydrogens is 389 g/mol. The van der Waals surface area contributed by atoms with E-state index >= 15 is 0 Å². The highest BCUT2D eigenvalue weighted by molar-refractivity contribution is 5.83. The maximum atomic E-state index is 13.3. The fraction of sp³-hybridized carbons (Fsp3) is 0.308. The number of hydrogen-bond donors (Lipinski definition) is 1. The van der Waals surface area contributed by atoms with Gasteiger partial charge in [-0.05, 0) is 72.8 Å². The predicted molar refractivity (Wildman–Crippen MR) is 121 cm³/mol. The van der Waals surface area contributed by atoms with Crippen molar-refractivity contribution in [1.29, 1.82) is 0 Å². The Kier molecular flexibility index (Phi) is 6.42. The second-order valence-electron chi connectivity index (χ2n) is 8.34. The average molecular weight is 418 g/mol. The summed E-state index contributed by atoms with van der Waals surface area (Å²) in [6, 6.07) is 18.8. The van der Waals surface area contributed by atoms with Crippen molar-refractivity contribution in [2.24, 2.45) is 5.41 Å². The van der Waals surface area contributed by atoms with Gasteiger partial charge in [-0.2, -0.15) is 0 Å². The highest BCUT2D eigenvalue weighted by Gasteiger charge is 2.44. The molecule has 1 aliphatic rings. The van der Waals surface area contributed by atoms with E-state index in [4.69, 9.17) is 0 Å². The molecule has 0 spiro atoms. The Hall–Kier alpha value is -3.05. The minimum absolute atomic E-state index is 0.124. The van der Waals surface area contributed by atoms with E-state index in [1.165, 1.54) is 17.7 Å². The number of pyridine rings is 1. The molecule has 3 aromatic rings. The van der Waals surface area contributed by atoms with Crippen LogP contribution in [0.3, 0.4) is 0 Å². The SMILES string of the molecule is CCNC(=O)[C@@]1(Cc2cccc(-c3ccc(F)cc3)c2)CCN(Cc2ccncc2)C1. The second-order valence-corrected chi connectivity index (χ2v) is 8.34. The van der Waals surface area contributed by atoms with Gasteiger partial charge in [-0.25, -0.2) is 4.39 Å². The summed E-state index contributed by atoms with van der Waals surface area (Å²) in [5.41, 5.74) is 3.89. The van der Waals surface area contributed by atoms with Crippen molar-refractivity contribution in [2.75, 3.05) is 19.6 Å². The van der Waals surface area contributed by atoms with Crippen LogP contribution >= 0.6 is 0 Å². The third-order valence-electron chi connectivity index (χ3n) is 6.05. The van der Waals surface area contributed by atoms with Gasteiger partial charge in [-0.15, -0.1) is 0 Å². The molecule has 2 heterocycles. The van der Waals surface area contributed by atoms with Crippen LogP contribution in [0.2, 0.25) is 0 Å². The number of carbonyl (C=O) groups is 1. The van der Waals surface area contributed by atoms with Gasteiger partial charge in [-0.1, -0.05) is 36.4 Å². The van der Waals surface area contributed by atoms with Gasteiger partial charge in [0.05, 0.1) is 5.41 Å². The molecule has 1 saturated heterocycles. The number of benzene rings is 2. The van der Waals surface area contributed by atoms with Crippen LogP contribution in [-0.2, 0) is 17.8 Å². The normalized spacial score (nSPS) is 18.8. The zero-order valence-electron chi connectivity index (χ0n) is 17.9. The van der Waals surface area contributed by atoms with E-state index in [1.807, 2.05) is 43.6 Å². The van der Waals surface area contributed by atoms with Crippen LogP contribution in [0.1, 0.15) is 24.5 Å². The van der Waals surface area contributed by atoms with E-state index in [1.54, 1.807) is 12.1 Å². The quantitative estimate of drug-likeness (QED) is 0.617. The van der Waals surface area contributed by atoms with Gasteiger partial charge >= 0.3 is 0 Å². The number of rotatable bonds is 7. The molecule has 2 aromatic carbocycles. The highest BCUT2D eigenvalue weighted by atomic mass is 19.1. The molecule has 0 bridgehead atoms. The second kappa shape index (κ2) is 9.40. The van der Waals surface area contributed by atoms with Gasteiger partial charge < -0.3 is 5.32 Å². The summed E-state index contributed by atoms with van der Waals surface area (Å²) in [5.74, 6) is -0.116. The van der Waals surface area contributed by atoms with Crippen LogP contribution < -0.4 is 5.32 Å². The fourth-order valence-corrected chi connectivity index (χ4v) is 4.49. The molecule has 1 N–H and O–H groups in total. The molecule has 0 unspecified atom stereocenters. The molecule has 1 aromatic heterocycles. The van der Waals surface area contributed by atoms with Crippen molar-refractivity contribution < 1.29 is 9.18 Å². The Labute approximate surface area is 183 Å². The monoisotopic (exact) mass is 417 g/mol. The van der Waals surface area contributed by atoms with E-state index in [0.29, 0.717) is 13.0 Å². The zero-order chi connectivity index (χ0) is 21.7. The van der Waals surface area contributed by atoms with Crippen molar-refractivity contribution in [2.45, 2.75) is 26.3 Å². The zero-order valence-corrected chi connectivity index (χ0v) is 17.9. The lowest BCUT2D eigenvalue weighted by Gasteiger charge is -2.28. The van der Waals surface area contributed by atoms with E-state index in [-0.39, 0.29) is 11.7 Å². The van der Waals surface area contributed by atoms with E-state index in [0.717, 1.165) is 42.7 Å². The third-order valence-corrected chi connectivity index (χ3v) is 6.05. The Morgan fingerprint density at radius 3 is 2.58 bits per heavy atom. The molecule has 31 heavy (non-hydrogen) atoms. The van der Waals surface area contributed by atoms with Crippen LogP contribution in [0, 0.1) is 11.2 Å². The first-order valence-electron chi connectivity index (χ1n) is 10.8. The van der Waals surface area contributed by atoms with Gasteiger partial charge in [-0.3, -0.25) is 14.7 Å². The Morgan fingerprint density at radius 1 is 1.06 bits per heavy atom. The molecule has 1 fully saturated rings. The first kappa shape index (κ1) is 21.2. The lowest BCUT2D eigenvalue weighted by molar-refractivity contribution is -0.130. The third kappa shape index (κ3) is 5.00. The van der Waals surface area contributed by atoms with Crippen LogP contribution in [0.5, 0.6) is 0 Å². The lowest BCUT2D eigenvalue weighted by Crippen LogP contribution is -2.44. The number of likely N-dealkylation sites (tertiary alicyclic amines) is 1. The highest BCUT2D eigenvalue weighted by Crippen LogP contribution is 2.36.